The molecule has 0 N–H and O–H groups in total. The fourth-order valence-electron chi connectivity index (χ4n) is 2.43. The zero-order valence-corrected chi connectivity index (χ0v) is 15.0. The highest BCUT2D eigenvalue weighted by Crippen LogP contribution is 2.24. The number of hydrogen-bond acceptors (Lipinski definition) is 4. The number of nitrogens with zero attached hydrogens (tertiary/aromatic N) is 1. The number of benzene rings is 1. The second-order valence-electron chi connectivity index (χ2n) is 6.08. The van der Waals surface area contributed by atoms with Crippen molar-refractivity contribution in [1.82, 2.24) is 4.90 Å². The molecule has 1 amide bonds. The summed E-state index contributed by atoms with van der Waals surface area (Å²) in [5, 5.41) is 0. The zero-order valence-electron chi connectivity index (χ0n) is 15.0. The molecule has 0 spiro atoms. The van der Waals surface area contributed by atoms with Crippen LogP contribution < -0.4 is 4.74 Å². The predicted molar refractivity (Wildman–Crippen MR) is 89.6 cm³/mol. The Morgan fingerprint density at radius 3 is 2.22 bits per heavy atom. The Labute approximate surface area is 138 Å². The van der Waals surface area contributed by atoms with E-state index in [0.29, 0.717) is 11.7 Å². The molecule has 1 aromatic rings. The first-order chi connectivity index (χ1) is 10.7. The Kier molecular flexibility index (Phi) is 6.61. The lowest BCUT2D eigenvalue weighted by molar-refractivity contribution is -0.153. The number of amides is 1. The average Bonchev–Trinajstić information content (AvgIpc) is 2.51. The molecule has 0 saturated carbocycles. The van der Waals surface area contributed by atoms with Crippen LogP contribution in [0, 0.1) is 6.92 Å². The third-order valence-corrected chi connectivity index (χ3v) is 3.99. The van der Waals surface area contributed by atoms with Gasteiger partial charge in [0.2, 0.25) is 0 Å². The van der Waals surface area contributed by atoms with Gasteiger partial charge in [-0.1, -0.05) is 19.9 Å². The first kappa shape index (κ1) is 19.0. The van der Waals surface area contributed by atoms with Crippen LogP contribution in [0.1, 0.15) is 44.7 Å². The van der Waals surface area contributed by atoms with E-state index in [1.165, 1.54) is 17.6 Å². The minimum atomic E-state index is -0.684. The highest BCUT2D eigenvalue weighted by atomic mass is 16.5. The van der Waals surface area contributed by atoms with Crippen molar-refractivity contribution in [2.24, 2.45) is 0 Å². The van der Waals surface area contributed by atoms with Gasteiger partial charge in [0.1, 0.15) is 11.8 Å². The Balaban J connectivity index is 2.79. The third-order valence-electron chi connectivity index (χ3n) is 3.99. The molecule has 2 atom stereocenters. The van der Waals surface area contributed by atoms with Gasteiger partial charge in [-0.15, -0.1) is 0 Å². The molecule has 23 heavy (non-hydrogen) atoms. The van der Waals surface area contributed by atoms with Crippen LogP contribution in [-0.4, -0.2) is 43.1 Å². The average molecular weight is 321 g/mol. The largest absolute Gasteiger partial charge is 0.481 e. The van der Waals surface area contributed by atoms with E-state index >= 15 is 0 Å². The SMILES string of the molecule is COC(=O)[C@@H](C)N(C)C(=O)[C@@H](C)Oc1ccc(C(C)C)c(C)c1. The van der Waals surface area contributed by atoms with Crippen LogP contribution in [-0.2, 0) is 14.3 Å². The number of carbonyl (C=O) groups excluding carboxylic acids is 2. The van der Waals surface area contributed by atoms with Gasteiger partial charge in [-0.05, 0) is 49.9 Å². The molecule has 0 heterocycles. The lowest BCUT2D eigenvalue weighted by atomic mass is 9.98. The quantitative estimate of drug-likeness (QED) is 0.756. The molecule has 128 valence electrons. The monoisotopic (exact) mass is 321 g/mol. The summed E-state index contributed by atoms with van der Waals surface area (Å²) in [5.74, 6) is 0.362. The molecule has 0 aliphatic heterocycles. The van der Waals surface area contributed by atoms with Crippen molar-refractivity contribution in [3.8, 4) is 5.75 Å². The fourth-order valence-corrected chi connectivity index (χ4v) is 2.43. The van der Waals surface area contributed by atoms with Gasteiger partial charge in [0, 0.05) is 7.05 Å². The number of likely N-dealkylation sites (N-methyl/N-ethyl adjacent to an activating group) is 1. The van der Waals surface area contributed by atoms with Gasteiger partial charge in [0.05, 0.1) is 7.11 Å². The smallest absolute Gasteiger partial charge is 0.328 e. The number of hydrogen-bond donors (Lipinski definition) is 0. The molecule has 5 heteroatoms. The molecule has 0 radical (unpaired) electrons. The molecule has 0 aliphatic carbocycles. The van der Waals surface area contributed by atoms with E-state index < -0.39 is 18.1 Å². The molecule has 1 rings (SSSR count). The molecule has 0 fully saturated rings. The lowest BCUT2D eigenvalue weighted by Gasteiger charge is -2.26. The molecular weight excluding hydrogens is 294 g/mol. The van der Waals surface area contributed by atoms with Crippen molar-refractivity contribution in [3.63, 3.8) is 0 Å². The van der Waals surface area contributed by atoms with Crippen molar-refractivity contribution < 1.29 is 19.1 Å². The topological polar surface area (TPSA) is 55.8 Å². The molecule has 1 aromatic carbocycles. The number of carbonyl (C=O) groups is 2. The van der Waals surface area contributed by atoms with Crippen molar-refractivity contribution in [1.29, 1.82) is 0 Å². The Hall–Kier alpha value is -2.04. The third kappa shape index (κ3) is 4.71. The van der Waals surface area contributed by atoms with E-state index in [0.717, 1.165) is 5.56 Å². The van der Waals surface area contributed by atoms with E-state index in [4.69, 9.17) is 4.74 Å². The predicted octanol–water partition coefficient (Wildman–Crippen LogP) is 2.91. The second-order valence-corrected chi connectivity index (χ2v) is 6.08. The number of rotatable bonds is 6. The minimum Gasteiger partial charge on any atom is -0.481 e. The molecule has 0 saturated heterocycles. The van der Waals surface area contributed by atoms with Crippen molar-refractivity contribution >= 4 is 11.9 Å². The minimum absolute atomic E-state index is 0.270. The van der Waals surface area contributed by atoms with E-state index in [-0.39, 0.29) is 5.91 Å². The standard InChI is InChI=1S/C18H27NO4/c1-11(2)16-9-8-15(10-12(16)3)23-14(5)17(20)19(6)13(4)18(21)22-7/h8-11,13-14H,1-7H3/t13-,14-/m1/s1. The highest BCUT2D eigenvalue weighted by molar-refractivity contribution is 5.86. The van der Waals surface area contributed by atoms with Gasteiger partial charge in [-0.3, -0.25) is 4.79 Å². The van der Waals surface area contributed by atoms with Crippen molar-refractivity contribution in [2.45, 2.75) is 52.7 Å². The van der Waals surface area contributed by atoms with Gasteiger partial charge < -0.3 is 14.4 Å². The maximum absolute atomic E-state index is 12.4. The van der Waals surface area contributed by atoms with Crippen LogP contribution in [0.5, 0.6) is 5.75 Å². The molecule has 0 unspecified atom stereocenters. The Morgan fingerprint density at radius 1 is 1.13 bits per heavy atom. The molecule has 0 bridgehead atoms. The molecular formula is C18H27NO4. The van der Waals surface area contributed by atoms with Crippen LogP contribution in [0.25, 0.3) is 0 Å². The summed E-state index contributed by atoms with van der Waals surface area (Å²) >= 11 is 0. The maximum atomic E-state index is 12.4. The maximum Gasteiger partial charge on any atom is 0.328 e. The van der Waals surface area contributed by atoms with Crippen LogP contribution in [0.3, 0.4) is 0 Å². The Morgan fingerprint density at radius 2 is 1.74 bits per heavy atom. The summed E-state index contributed by atoms with van der Waals surface area (Å²) in [7, 11) is 2.87. The zero-order chi connectivity index (χ0) is 17.7. The first-order valence-electron chi connectivity index (χ1n) is 7.80. The summed E-state index contributed by atoms with van der Waals surface area (Å²) in [5.41, 5.74) is 2.39. The summed E-state index contributed by atoms with van der Waals surface area (Å²) < 4.78 is 10.4. The number of methoxy groups -OCH3 is 1. The van der Waals surface area contributed by atoms with Crippen LogP contribution in [0.15, 0.2) is 18.2 Å². The summed E-state index contributed by atoms with van der Waals surface area (Å²) in [6.45, 7) is 9.60. The molecule has 0 aliphatic rings. The first-order valence-corrected chi connectivity index (χ1v) is 7.80. The van der Waals surface area contributed by atoms with E-state index in [2.05, 4.69) is 18.6 Å². The number of esters is 1. The number of aryl methyl sites for hydroxylation is 1. The van der Waals surface area contributed by atoms with Gasteiger partial charge in [0.15, 0.2) is 6.10 Å². The fraction of sp³-hybridized carbons (Fsp3) is 0.556. The summed E-state index contributed by atoms with van der Waals surface area (Å²) in [6, 6.07) is 5.18. The Bertz CT molecular complexity index is 568. The van der Waals surface area contributed by atoms with Gasteiger partial charge >= 0.3 is 5.97 Å². The van der Waals surface area contributed by atoms with Crippen molar-refractivity contribution in [2.75, 3.05) is 14.2 Å². The summed E-state index contributed by atoms with van der Waals surface area (Å²) in [6.07, 6.45) is -0.684. The lowest BCUT2D eigenvalue weighted by Crippen LogP contribution is -2.46. The van der Waals surface area contributed by atoms with E-state index in [9.17, 15) is 9.59 Å². The normalized spacial score (nSPS) is 13.4. The van der Waals surface area contributed by atoms with Crippen LogP contribution in [0.2, 0.25) is 0 Å². The van der Waals surface area contributed by atoms with E-state index in [1.807, 2.05) is 25.1 Å². The highest BCUT2D eigenvalue weighted by Gasteiger charge is 2.27. The number of ether oxygens (including phenoxy) is 2. The van der Waals surface area contributed by atoms with Crippen molar-refractivity contribution in [3.05, 3.63) is 29.3 Å². The van der Waals surface area contributed by atoms with Gasteiger partial charge in [0.25, 0.3) is 5.91 Å². The molecule has 5 nitrogen and oxygen atoms in total. The van der Waals surface area contributed by atoms with Crippen LogP contribution >= 0.6 is 0 Å². The van der Waals surface area contributed by atoms with Gasteiger partial charge in [-0.2, -0.15) is 0 Å². The van der Waals surface area contributed by atoms with Gasteiger partial charge in [-0.25, -0.2) is 4.79 Å². The summed E-state index contributed by atoms with van der Waals surface area (Å²) in [4.78, 5) is 25.2. The van der Waals surface area contributed by atoms with E-state index in [1.54, 1.807) is 20.9 Å². The van der Waals surface area contributed by atoms with Crippen LogP contribution in [0.4, 0.5) is 0 Å². The second kappa shape index (κ2) is 7.99. The molecule has 0 aromatic heterocycles.